The molecule has 0 saturated carbocycles. The van der Waals surface area contributed by atoms with Gasteiger partial charge in [0, 0.05) is 0 Å². The molecule has 0 aliphatic carbocycles. The summed E-state index contributed by atoms with van der Waals surface area (Å²) in [6.07, 6.45) is 2.31. The third-order valence-electron chi connectivity index (χ3n) is 0.986. The van der Waals surface area contributed by atoms with Gasteiger partial charge in [-0.05, 0) is 24.7 Å². The Balaban J connectivity index is 0. The second-order valence-corrected chi connectivity index (χ2v) is 4.08. The zero-order valence-corrected chi connectivity index (χ0v) is 6.77. The van der Waals surface area contributed by atoms with Crippen LogP contribution >= 0.6 is 0 Å². The molecule has 0 aliphatic rings. The molecule has 0 unspecified atom stereocenters. The molecule has 0 nitrogen and oxygen atoms in total. The second kappa shape index (κ2) is 6.64. The molecule has 0 rings (SSSR count). The molecule has 0 bridgehead atoms. The van der Waals surface area contributed by atoms with Crippen molar-refractivity contribution < 1.29 is 12.4 Å². The van der Waals surface area contributed by atoms with Crippen molar-refractivity contribution >= 4 is 10.9 Å². The molecular weight excluding hydrogens is 128 g/mol. The number of halogens is 1. The second-order valence-electron chi connectivity index (χ2n) is 1.36. The zero-order chi connectivity index (χ0) is 4.99. The van der Waals surface area contributed by atoms with Crippen molar-refractivity contribution in [3.05, 3.63) is 0 Å². The van der Waals surface area contributed by atoms with Crippen LogP contribution in [0.2, 0.25) is 0 Å². The van der Waals surface area contributed by atoms with E-state index in [9.17, 15) is 0 Å². The van der Waals surface area contributed by atoms with E-state index in [-0.39, 0.29) is 12.4 Å². The standard InChI is InChI=1S/C5H13S.ClH/c1-4-6(3)5-2;/h4-5H2,1-3H3;1H/q+1;/p-1. The lowest BCUT2D eigenvalue weighted by Gasteiger charge is -1.89. The molecule has 7 heavy (non-hydrogen) atoms. The van der Waals surface area contributed by atoms with Gasteiger partial charge < -0.3 is 12.4 Å². The van der Waals surface area contributed by atoms with Crippen LogP contribution in [0.3, 0.4) is 0 Å². The van der Waals surface area contributed by atoms with E-state index in [1.807, 2.05) is 0 Å². The average Bonchev–Trinajstić information content (AvgIpc) is 1.65. The Kier molecular flexibility index (Phi) is 10.0. The lowest BCUT2D eigenvalue weighted by molar-refractivity contribution is -0.00000147. The highest BCUT2D eigenvalue weighted by atomic mass is 35.5. The highest BCUT2D eigenvalue weighted by molar-refractivity contribution is 7.96. The van der Waals surface area contributed by atoms with Gasteiger partial charge in [-0.1, -0.05) is 0 Å². The van der Waals surface area contributed by atoms with Crippen molar-refractivity contribution in [1.82, 2.24) is 0 Å². The fourth-order valence-corrected chi connectivity index (χ4v) is 0.612. The summed E-state index contributed by atoms with van der Waals surface area (Å²) in [5.41, 5.74) is 0. The first-order valence-corrected chi connectivity index (χ1v) is 4.37. The molecule has 0 aromatic heterocycles. The fourth-order valence-electron chi connectivity index (χ4n) is 0.204. The quantitative estimate of drug-likeness (QED) is 0.401. The molecule has 0 atom stereocenters. The summed E-state index contributed by atoms with van der Waals surface area (Å²) in [7, 11) is 0.716. The van der Waals surface area contributed by atoms with Crippen molar-refractivity contribution in [2.45, 2.75) is 13.8 Å². The molecule has 46 valence electrons. The summed E-state index contributed by atoms with van der Waals surface area (Å²) >= 11 is 0. The van der Waals surface area contributed by atoms with Gasteiger partial charge in [-0.15, -0.1) is 0 Å². The predicted molar refractivity (Wildman–Crippen MR) is 34.4 cm³/mol. The lowest BCUT2D eigenvalue weighted by atomic mass is 11.0. The Labute approximate surface area is 55.4 Å². The molecule has 0 N–H and O–H groups in total. The third-order valence-corrected chi connectivity index (χ3v) is 2.96. The number of hydrogen-bond acceptors (Lipinski definition) is 0. The van der Waals surface area contributed by atoms with E-state index in [0.29, 0.717) is 10.9 Å². The van der Waals surface area contributed by atoms with E-state index in [0.717, 1.165) is 0 Å². The maximum atomic E-state index is 2.31. The number of hydrogen-bond donors (Lipinski definition) is 0. The Morgan fingerprint density at radius 1 is 1.14 bits per heavy atom. The SMILES string of the molecule is CC[S+](C)CC.[Cl-]. The smallest absolute Gasteiger partial charge is 0.105 e. The minimum atomic E-state index is 0. The molecule has 0 spiro atoms. The van der Waals surface area contributed by atoms with E-state index < -0.39 is 0 Å². The van der Waals surface area contributed by atoms with Crippen LogP contribution in [-0.4, -0.2) is 17.8 Å². The number of rotatable bonds is 2. The van der Waals surface area contributed by atoms with Gasteiger partial charge in [0.05, 0.1) is 6.26 Å². The van der Waals surface area contributed by atoms with Crippen molar-refractivity contribution in [1.29, 1.82) is 0 Å². The fraction of sp³-hybridized carbons (Fsp3) is 1.00. The first-order chi connectivity index (χ1) is 2.81. The molecule has 0 aromatic rings. The lowest BCUT2D eigenvalue weighted by Crippen LogP contribution is -3.00. The van der Waals surface area contributed by atoms with Gasteiger partial charge in [0.15, 0.2) is 0 Å². The summed E-state index contributed by atoms with van der Waals surface area (Å²) in [6, 6.07) is 0. The van der Waals surface area contributed by atoms with Crippen molar-refractivity contribution in [3.8, 4) is 0 Å². The van der Waals surface area contributed by atoms with Crippen LogP contribution < -0.4 is 12.4 Å². The summed E-state index contributed by atoms with van der Waals surface area (Å²) in [6.45, 7) is 4.49. The molecule has 0 aliphatic heterocycles. The highest BCUT2D eigenvalue weighted by Crippen LogP contribution is 1.85. The Hall–Kier alpha value is 0.640. The topological polar surface area (TPSA) is 0 Å². The molecule has 0 saturated heterocycles. The Morgan fingerprint density at radius 2 is 1.43 bits per heavy atom. The van der Waals surface area contributed by atoms with Gasteiger partial charge in [0.1, 0.15) is 11.5 Å². The van der Waals surface area contributed by atoms with Crippen molar-refractivity contribution in [2.75, 3.05) is 17.8 Å². The van der Waals surface area contributed by atoms with E-state index in [1.165, 1.54) is 11.5 Å². The van der Waals surface area contributed by atoms with Crippen LogP contribution in [0.15, 0.2) is 0 Å². The summed E-state index contributed by atoms with van der Waals surface area (Å²) in [5, 5.41) is 0. The van der Waals surface area contributed by atoms with E-state index in [4.69, 9.17) is 0 Å². The normalized spacial score (nSPS) is 8.57. The van der Waals surface area contributed by atoms with Crippen LogP contribution in [0.5, 0.6) is 0 Å². The van der Waals surface area contributed by atoms with Gasteiger partial charge in [0.2, 0.25) is 0 Å². The summed E-state index contributed by atoms with van der Waals surface area (Å²) in [4.78, 5) is 0. The molecule has 0 heterocycles. The first-order valence-electron chi connectivity index (χ1n) is 2.40. The van der Waals surface area contributed by atoms with Gasteiger partial charge in [-0.3, -0.25) is 0 Å². The molecule has 0 fully saturated rings. The average molecular weight is 141 g/mol. The molecular formula is C5H13ClS. The van der Waals surface area contributed by atoms with Gasteiger partial charge >= 0.3 is 0 Å². The van der Waals surface area contributed by atoms with Crippen LogP contribution in [0.4, 0.5) is 0 Å². The monoisotopic (exact) mass is 140 g/mol. The predicted octanol–water partition coefficient (Wildman–Crippen LogP) is -1.72. The minimum absolute atomic E-state index is 0. The molecule has 0 aromatic carbocycles. The zero-order valence-electron chi connectivity index (χ0n) is 5.20. The maximum absolute atomic E-state index is 2.31. The molecule has 0 amide bonds. The van der Waals surface area contributed by atoms with E-state index in [2.05, 4.69) is 20.1 Å². The van der Waals surface area contributed by atoms with Crippen molar-refractivity contribution in [3.63, 3.8) is 0 Å². The molecule has 2 heteroatoms. The Morgan fingerprint density at radius 3 is 1.43 bits per heavy atom. The summed E-state index contributed by atoms with van der Waals surface area (Å²) in [5.74, 6) is 2.72. The van der Waals surface area contributed by atoms with E-state index in [1.54, 1.807) is 0 Å². The van der Waals surface area contributed by atoms with E-state index >= 15 is 0 Å². The molecule has 0 radical (unpaired) electrons. The van der Waals surface area contributed by atoms with Crippen LogP contribution in [0, 0.1) is 0 Å². The van der Waals surface area contributed by atoms with Crippen LogP contribution in [-0.2, 0) is 10.9 Å². The van der Waals surface area contributed by atoms with Crippen LogP contribution in [0.25, 0.3) is 0 Å². The van der Waals surface area contributed by atoms with Crippen LogP contribution in [0.1, 0.15) is 13.8 Å². The highest BCUT2D eigenvalue weighted by Gasteiger charge is 1.98. The minimum Gasteiger partial charge on any atom is -1.00 e. The van der Waals surface area contributed by atoms with Gasteiger partial charge in [-0.25, -0.2) is 0 Å². The largest absolute Gasteiger partial charge is 1.00 e. The third kappa shape index (κ3) is 6.64. The van der Waals surface area contributed by atoms with Gasteiger partial charge in [-0.2, -0.15) is 0 Å². The van der Waals surface area contributed by atoms with Crippen molar-refractivity contribution in [2.24, 2.45) is 0 Å². The van der Waals surface area contributed by atoms with Gasteiger partial charge in [0.25, 0.3) is 0 Å². The summed E-state index contributed by atoms with van der Waals surface area (Å²) < 4.78 is 0. The maximum Gasteiger partial charge on any atom is 0.105 e. The first kappa shape index (κ1) is 10.6. The Bertz CT molecular complexity index is 27.3.